The minimum absolute atomic E-state index is 0.136. The summed E-state index contributed by atoms with van der Waals surface area (Å²) < 4.78 is 5.19. The van der Waals surface area contributed by atoms with Gasteiger partial charge in [0.2, 0.25) is 5.91 Å². The van der Waals surface area contributed by atoms with E-state index in [2.05, 4.69) is 43.4 Å². The van der Waals surface area contributed by atoms with Gasteiger partial charge in [-0.1, -0.05) is 50.2 Å². The molecule has 0 bridgehead atoms. The zero-order chi connectivity index (χ0) is 19.6. The minimum atomic E-state index is -0.522. The van der Waals surface area contributed by atoms with E-state index in [1.165, 1.54) is 17.2 Å². The third-order valence-corrected chi connectivity index (χ3v) is 4.05. The molecule has 0 spiro atoms. The molecule has 0 atom stereocenters. The Labute approximate surface area is 160 Å². The topological polar surface area (TPSA) is 81.4 Å². The number of nitrogens with one attached hydrogen (secondary N) is 1. The van der Waals surface area contributed by atoms with Gasteiger partial charge < -0.3 is 15.8 Å². The van der Waals surface area contributed by atoms with Gasteiger partial charge in [-0.2, -0.15) is 0 Å². The molecule has 27 heavy (non-hydrogen) atoms. The van der Waals surface area contributed by atoms with Crippen LogP contribution >= 0.6 is 0 Å². The van der Waals surface area contributed by atoms with Gasteiger partial charge in [0, 0.05) is 12.6 Å². The number of carbonyl (C=O) groups is 2. The van der Waals surface area contributed by atoms with Gasteiger partial charge in [-0.25, -0.2) is 0 Å². The van der Waals surface area contributed by atoms with Crippen LogP contribution in [0.1, 0.15) is 36.5 Å². The number of carbonyl (C=O) groups excluding carboxylic acids is 2. The predicted molar refractivity (Wildman–Crippen MR) is 107 cm³/mol. The van der Waals surface area contributed by atoms with E-state index in [1.807, 2.05) is 0 Å². The summed E-state index contributed by atoms with van der Waals surface area (Å²) in [6, 6.07) is 15.5. The molecule has 0 heterocycles. The Morgan fingerprint density at radius 1 is 1.07 bits per heavy atom. The normalized spacial score (nSPS) is 10.9. The van der Waals surface area contributed by atoms with Gasteiger partial charge in [0.25, 0.3) is 5.91 Å². The highest BCUT2D eigenvalue weighted by atomic mass is 16.5. The maximum absolute atomic E-state index is 11.9. The molecule has 3 N–H and O–H groups in total. The third kappa shape index (κ3) is 7.36. The highest BCUT2D eigenvalue weighted by Crippen LogP contribution is 2.15. The quantitative estimate of drug-likeness (QED) is 0.669. The molecule has 5 nitrogen and oxygen atoms in total. The van der Waals surface area contributed by atoms with E-state index < -0.39 is 5.91 Å². The molecule has 2 aromatic carbocycles. The van der Waals surface area contributed by atoms with Crippen molar-refractivity contribution < 1.29 is 14.3 Å². The van der Waals surface area contributed by atoms with Crippen LogP contribution in [0.3, 0.4) is 0 Å². The van der Waals surface area contributed by atoms with Crippen LogP contribution in [0.5, 0.6) is 5.75 Å². The van der Waals surface area contributed by atoms with Gasteiger partial charge in [0.1, 0.15) is 5.75 Å². The van der Waals surface area contributed by atoms with Crippen LogP contribution in [0.4, 0.5) is 0 Å². The lowest BCUT2D eigenvalue weighted by Gasteiger charge is -2.07. The van der Waals surface area contributed by atoms with Crippen molar-refractivity contribution in [2.75, 3.05) is 13.2 Å². The molecule has 0 radical (unpaired) electrons. The van der Waals surface area contributed by atoms with E-state index in [0.717, 1.165) is 12.0 Å². The zero-order valence-corrected chi connectivity index (χ0v) is 15.8. The van der Waals surface area contributed by atoms with Crippen LogP contribution in [0.2, 0.25) is 0 Å². The van der Waals surface area contributed by atoms with E-state index in [0.29, 0.717) is 18.2 Å². The van der Waals surface area contributed by atoms with Crippen molar-refractivity contribution in [1.82, 2.24) is 5.32 Å². The van der Waals surface area contributed by atoms with Gasteiger partial charge in [0.05, 0.1) is 0 Å². The second-order valence-corrected chi connectivity index (χ2v) is 6.59. The highest BCUT2D eigenvalue weighted by molar-refractivity contribution is 5.91. The number of benzene rings is 2. The monoisotopic (exact) mass is 366 g/mol. The summed E-state index contributed by atoms with van der Waals surface area (Å²) in [5.74, 6) is 0.418. The molecular formula is C22H26N2O3. The number of nitrogens with two attached hydrogens (primary N) is 1. The Bertz CT molecular complexity index is 778. The predicted octanol–water partition coefficient (Wildman–Crippen LogP) is 3.05. The standard InChI is InChI=1S/C22H26N2O3/c1-16(2)19-8-3-18(4-9-19)13-14-24-22(26)12-7-17-5-10-20(11-6-17)27-15-21(23)25/h3-12,16H,13-15H2,1-2H3,(H2,23,25)(H,24,26)/b12-7+. The van der Waals surface area contributed by atoms with E-state index in [-0.39, 0.29) is 12.5 Å². The summed E-state index contributed by atoms with van der Waals surface area (Å²) in [4.78, 5) is 22.6. The first-order valence-corrected chi connectivity index (χ1v) is 9.00. The van der Waals surface area contributed by atoms with Crippen LogP contribution in [-0.2, 0) is 16.0 Å². The van der Waals surface area contributed by atoms with Crippen LogP contribution < -0.4 is 15.8 Å². The SMILES string of the molecule is CC(C)c1ccc(CCNC(=O)/C=C/c2ccc(OCC(N)=O)cc2)cc1. The lowest BCUT2D eigenvalue weighted by Crippen LogP contribution is -2.23. The minimum Gasteiger partial charge on any atom is -0.484 e. The van der Waals surface area contributed by atoms with Crippen molar-refractivity contribution in [3.05, 3.63) is 71.3 Å². The maximum atomic E-state index is 11.9. The summed E-state index contributed by atoms with van der Waals surface area (Å²) in [6.07, 6.45) is 4.02. The second-order valence-electron chi connectivity index (χ2n) is 6.59. The first kappa shape index (κ1) is 20.2. The maximum Gasteiger partial charge on any atom is 0.255 e. The molecule has 142 valence electrons. The molecule has 0 saturated carbocycles. The number of hydrogen-bond acceptors (Lipinski definition) is 3. The van der Waals surface area contributed by atoms with Crippen LogP contribution in [0, 0.1) is 0 Å². The number of amides is 2. The van der Waals surface area contributed by atoms with Gasteiger partial charge in [-0.15, -0.1) is 0 Å². The molecule has 0 unspecified atom stereocenters. The molecule has 0 aliphatic rings. The first-order valence-electron chi connectivity index (χ1n) is 9.00. The lowest BCUT2D eigenvalue weighted by atomic mass is 10.0. The molecule has 2 aromatic rings. The fourth-order valence-corrected chi connectivity index (χ4v) is 2.46. The largest absolute Gasteiger partial charge is 0.484 e. The second kappa shape index (κ2) is 10.2. The highest BCUT2D eigenvalue weighted by Gasteiger charge is 2.01. The molecule has 0 aliphatic carbocycles. The van der Waals surface area contributed by atoms with E-state index in [9.17, 15) is 9.59 Å². The van der Waals surface area contributed by atoms with Crippen LogP contribution in [-0.4, -0.2) is 25.0 Å². The summed E-state index contributed by atoms with van der Waals surface area (Å²) >= 11 is 0. The van der Waals surface area contributed by atoms with E-state index >= 15 is 0 Å². The molecular weight excluding hydrogens is 340 g/mol. The third-order valence-electron chi connectivity index (χ3n) is 4.05. The van der Waals surface area contributed by atoms with Crippen molar-refractivity contribution in [1.29, 1.82) is 0 Å². The molecule has 0 saturated heterocycles. The van der Waals surface area contributed by atoms with Gasteiger partial charge in [-0.3, -0.25) is 9.59 Å². The van der Waals surface area contributed by atoms with Gasteiger partial charge in [0.15, 0.2) is 6.61 Å². The molecule has 0 fully saturated rings. The van der Waals surface area contributed by atoms with Crippen molar-refractivity contribution in [3.63, 3.8) is 0 Å². The van der Waals surface area contributed by atoms with Crippen molar-refractivity contribution in [2.45, 2.75) is 26.2 Å². The molecule has 5 heteroatoms. The van der Waals surface area contributed by atoms with Gasteiger partial charge >= 0.3 is 0 Å². The number of rotatable bonds is 9. The summed E-state index contributed by atoms with van der Waals surface area (Å²) in [7, 11) is 0. The lowest BCUT2D eigenvalue weighted by molar-refractivity contribution is -0.120. The molecule has 0 aliphatic heterocycles. The fourth-order valence-electron chi connectivity index (χ4n) is 2.46. The Balaban J connectivity index is 1.75. The summed E-state index contributed by atoms with van der Waals surface area (Å²) in [5, 5.41) is 2.88. The first-order chi connectivity index (χ1) is 12.9. The van der Waals surface area contributed by atoms with Crippen molar-refractivity contribution >= 4 is 17.9 Å². The summed E-state index contributed by atoms with van der Waals surface area (Å²) in [6.45, 7) is 4.77. The smallest absolute Gasteiger partial charge is 0.255 e. The Morgan fingerprint density at radius 2 is 1.74 bits per heavy atom. The molecule has 0 aromatic heterocycles. The zero-order valence-electron chi connectivity index (χ0n) is 15.8. The Hall–Kier alpha value is -3.08. The van der Waals surface area contributed by atoms with Crippen LogP contribution in [0.25, 0.3) is 6.08 Å². The summed E-state index contributed by atoms with van der Waals surface area (Å²) in [5.41, 5.74) is 8.41. The average Bonchev–Trinajstić information content (AvgIpc) is 2.66. The Kier molecular flexibility index (Phi) is 7.62. The van der Waals surface area contributed by atoms with E-state index in [1.54, 1.807) is 30.3 Å². The molecule has 2 amide bonds. The van der Waals surface area contributed by atoms with E-state index in [4.69, 9.17) is 10.5 Å². The fraction of sp³-hybridized carbons (Fsp3) is 0.273. The Morgan fingerprint density at radius 3 is 2.33 bits per heavy atom. The number of ether oxygens (including phenoxy) is 1. The number of hydrogen-bond donors (Lipinski definition) is 2. The van der Waals surface area contributed by atoms with Gasteiger partial charge in [-0.05, 0) is 47.2 Å². The van der Waals surface area contributed by atoms with Crippen molar-refractivity contribution in [2.24, 2.45) is 5.73 Å². The number of primary amides is 1. The molecule has 2 rings (SSSR count). The van der Waals surface area contributed by atoms with Crippen LogP contribution in [0.15, 0.2) is 54.6 Å². The average molecular weight is 366 g/mol. The van der Waals surface area contributed by atoms with Crippen molar-refractivity contribution in [3.8, 4) is 5.75 Å².